The van der Waals surface area contributed by atoms with Gasteiger partial charge in [-0.25, -0.2) is 0 Å². The van der Waals surface area contributed by atoms with Gasteiger partial charge in [-0.2, -0.15) is 0 Å². The normalized spacial score (nSPS) is 11.9. The summed E-state index contributed by atoms with van der Waals surface area (Å²) in [7, 11) is 0. The van der Waals surface area contributed by atoms with Crippen molar-refractivity contribution in [1.29, 1.82) is 0 Å². The number of rotatable bonds is 0. The Morgan fingerprint density at radius 2 is 1.50 bits per heavy atom. The van der Waals surface area contributed by atoms with Gasteiger partial charge in [0.2, 0.25) is 0 Å². The molecule has 2 aromatic heterocycles. The second-order valence-electron chi connectivity index (χ2n) is 4.09. The Kier molecular flexibility index (Phi) is 2.56. The number of hydrogen-bond acceptors (Lipinski definition) is 2. The van der Waals surface area contributed by atoms with Crippen LogP contribution in [0.5, 0.6) is 0 Å². The molecule has 4 rings (SSSR count). The molecule has 0 unspecified atom stereocenters. The molecule has 4 aromatic rings. The van der Waals surface area contributed by atoms with Crippen molar-refractivity contribution in [3.8, 4) is 0 Å². The summed E-state index contributed by atoms with van der Waals surface area (Å²) >= 11 is 11.1. The third-order valence-electron chi connectivity index (χ3n) is 3.04. The predicted octanol–water partition coefficient (Wildman–Crippen LogP) is 6.79. The maximum Gasteiger partial charge on any atom is 0.0553 e. The van der Waals surface area contributed by atoms with Crippen LogP contribution in [0.2, 0.25) is 0 Å². The van der Waals surface area contributed by atoms with Gasteiger partial charge in [0.1, 0.15) is 0 Å². The van der Waals surface area contributed by atoms with E-state index in [1.807, 2.05) is 22.7 Å². The number of fused-ring (bicyclic) bond motifs is 5. The summed E-state index contributed by atoms with van der Waals surface area (Å²) in [6.07, 6.45) is 0. The number of thiophene rings is 2. The van der Waals surface area contributed by atoms with Crippen LogP contribution in [0, 0.1) is 0 Å². The van der Waals surface area contributed by atoms with Crippen LogP contribution < -0.4 is 0 Å². The maximum absolute atomic E-state index is 3.67. The van der Waals surface area contributed by atoms with Crippen molar-refractivity contribution in [2.24, 2.45) is 0 Å². The molecule has 0 aliphatic carbocycles. The van der Waals surface area contributed by atoms with E-state index in [9.17, 15) is 0 Å². The quantitative estimate of drug-likeness (QED) is 0.306. The lowest BCUT2D eigenvalue weighted by Gasteiger charge is -1.93. The fraction of sp³-hybridized carbons (Fsp3) is 0. The first-order valence-electron chi connectivity index (χ1n) is 5.43. The molecule has 0 spiro atoms. The van der Waals surface area contributed by atoms with Gasteiger partial charge in [0, 0.05) is 24.4 Å². The van der Waals surface area contributed by atoms with Crippen LogP contribution in [0.1, 0.15) is 0 Å². The molecule has 18 heavy (non-hydrogen) atoms. The second kappa shape index (κ2) is 4.04. The summed E-state index contributed by atoms with van der Waals surface area (Å²) in [6, 6.07) is 12.8. The molecule has 88 valence electrons. The fourth-order valence-electron chi connectivity index (χ4n) is 2.25. The molecular formula is C14H6Br2S2. The van der Waals surface area contributed by atoms with Crippen LogP contribution in [-0.4, -0.2) is 0 Å². The second-order valence-corrected chi connectivity index (χ2v) is 7.87. The Morgan fingerprint density at radius 1 is 0.722 bits per heavy atom. The molecule has 0 saturated carbocycles. The molecule has 2 aromatic carbocycles. The first-order valence-corrected chi connectivity index (χ1v) is 8.65. The summed E-state index contributed by atoms with van der Waals surface area (Å²) in [5, 5.41) is 2.71. The third-order valence-corrected chi connectivity index (χ3v) is 7.19. The van der Waals surface area contributed by atoms with Gasteiger partial charge in [-0.05, 0) is 34.1 Å². The van der Waals surface area contributed by atoms with Gasteiger partial charge in [0.25, 0.3) is 0 Å². The van der Waals surface area contributed by atoms with Crippen LogP contribution in [0.25, 0.3) is 29.6 Å². The molecule has 0 radical (unpaired) electrons. The minimum absolute atomic E-state index is 1.19. The summed E-state index contributed by atoms with van der Waals surface area (Å²) in [4.78, 5) is 0. The smallest absolute Gasteiger partial charge is 0.0553 e. The van der Waals surface area contributed by atoms with E-state index < -0.39 is 0 Å². The highest BCUT2D eigenvalue weighted by atomic mass is 79.9. The van der Waals surface area contributed by atoms with Crippen molar-refractivity contribution < 1.29 is 0 Å². The Morgan fingerprint density at radius 3 is 2.39 bits per heavy atom. The maximum atomic E-state index is 3.67. The molecule has 0 nitrogen and oxygen atoms in total. The molecule has 0 saturated heterocycles. The zero-order chi connectivity index (χ0) is 12.3. The monoisotopic (exact) mass is 396 g/mol. The molecule has 0 bridgehead atoms. The molecular weight excluding hydrogens is 392 g/mol. The first kappa shape index (κ1) is 11.4. The topological polar surface area (TPSA) is 0 Å². The molecule has 0 aliphatic rings. The van der Waals surface area contributed by atoms with Crippen LogP contribution >= 0.6 is 54.5 Å². The Bertz CT molecular complexity index is 902. The van der Waals surface area contributed by atoms with Crippen molar-refractivity contribution in [2.45, 2.75) is 0 Å². The van der Waals surface area contributed by atoms with E-state index in [2.05, 4.69) is 68.3 Å². The van der Waals surface area contributed by atoms with Crippen LogP contribution in [0.3, 0.4) is 0 Å². The predicted molar refractivity (Wildman–Crippen MR) is 90.1 cm³/mol. The Labute approximate surface area is 128 Å². The van der Waals surface area contributed by atoms with Crippen molar-refractivity contribution in [1.82, 2.24) is 0 Å². The Hall–Kier alpha value is -0.420. The third kappa shape index (κ3) is 1.46. The summed E-state index contributed by atoms with van der Waals surface area (Å²) < 4.78 is 7.87. The summed E-state index contributed by atoms with van der Waals surface area (Å²) in [6.45, 7) is 0. The number of halogens is 2. The van der Waals surface area contributed by atoms with Crippen LogP contribution in [0.15, 0.2) is 45.3 Å². The average molecular weight is 398 g/mol. The minimum Gasteiger partial charge on any atom is -0.134 e. The first-order chi connectivity index (χ1) is 8.75. The highest BCUT2D eigenvalue weighted by Gasteiger charge is 2.14. The van der Waals surface area contributed by atoms with Crippen molar-refractivity contribution in [3.63, 3.8) is 0 Å². The molecule has 0 fully saturated rings. The van der Waals surface area contributed by atoms with Crippen molar-refractivity contribution in [2.75, 3.05) is 0 Å². The van der Waals surface area contributed by atoms with Gasteiger partial charge >= 0.3 is 0 Å². The van der Waals surface area contributed by atoms with E-state index in [1.54, 1.807) is 0 Å². The lowest BCUT2D eigenvalue weighted by molar-refractivity contribution is 1.81. The van der Waals surface area contributed by atoms with E-state index in [4.69, 9.17) is 0 Å². The summed E-state index contributed by atoms with van der Waals surface area (Å²) in [5.74, 6) is 0. The van der Waals surface area contributed by atoms with Gasteiger partial charge in [-0.15, -0.1) is 22.7 Å². The summed E-state index contributed by atoms with van der Waals surface area (Å²) in [5.41, 5.74) is 0. The highest BCUT2D eigenvalue weighted by Crippen LogP contribution is 2.47. The standard InChI is InChI=1S/C14H6Br2S2/c15-8-4-2-6-10-11(8)14-13(17-10)7-3-1-5-9(16)12(7)18-14/h1-6H. The average Bonchev–Trinajstić information content (AvgIpc) is 2.87. The number of hydrogen-bond donors (Lipinski definition) is 0. The van der Waals surface area contributed by atoms with E-state index in [0.29, 0.717) is 0 Å². The van der Waals surface area contributed by atoms with Crippen molar-refractivity contribution >= 4 is 84.1 Å². The van der Waals surface area contributed by atoms with E-state index >= 15 is 0 Å². The van der Waals surface area contributed by atoms with Crippen LogP contribution in [0.4, 0.5) is 0 Å². The van der Waals surface area contributed by atoms with Gasteiger partial charge in [-0.1, -0.05) is 34.1 Å². The van der Waals surface area contributed by atoms with Gasteiger partial charge < -0.3 is 0 Å². The molecule has 2 heterocycles. The molecule has 4 heteroatoms. The number of benzene rings is 2. The fourth-order valence-corrected chi connectivity index (χ4v) is 6.39. The van der Waals surface area contributed by atoms with Crippen molar-refractivity contribution in [3.05, 3.63) is 45.3 Å². The SMILES string of the molecule is Brc1cccc2c1sc1c2sc2cccc(Br)c21. The van der Waals surface area contributed by atoms with E-state index in [-0.39, 0.29) is 0 Å². The van der Waals surface area contributed by atoms with Gasteiger partial charge in [0.15, 0.2) is 0 Å². The lowest BCUT2D eigenvalue weighted by atomic mass is 10.2. The van der Waals surface area contributed by atoms with E-state index in [0.717, 1.165) is 0 Å². The largest absolute Gasteiger partial charge is 0.134 e. The lowest BCUT2D eigenvalue weighted by Crippen LogP contribution is -1.65. The molecule has 0 amide bonds. The van der Waals surface area contributed by atoms with Crippen LogP contribution in [-0.2, 0) is 0 Å². The molecule has 0 atom stereocenters. The highest BCUT2D eigenvalue weighted by molar-refractivity contribution is 9.11. The van der Waals surface area contributed by atoms with Gasteiger partial charge in [0.05, 0.1) is 14.1 Å². The zero-order valence-corrected chi connectivity index (χ0v) is 13.8. The van der Waals surface area contributed by atoms with E-state index in [1.165, 1.54) is 38.5 Å². The molecule has 0 N–H and O–H groups in total. The minimum atomic E-state index is 1.19. The van der Waals surface area contributed by atoms with Gasteiger partial charge in [-0.3, -0.25) is 0 Å². The zero-order valence-electron chi connectivity index (χ0n) is 9.04. The Balaban J connectivity index is 2.34. The molecule has 0 aliphatic heterocycles.